The molecule has 0 aromatic carbocycles. The van der Waals surface area contributed by atoms with Crippen LogP contribution in [-0.4, -0.2) is 12.1 Å². The number of esters is 1. The molecule has 0 aromatic rings. The fraction of sp³-hybridized carbons (Fsp3) is 0.893. The smallest absolute Gasteiger partial charge is 0.302 e. The summed E-state index contributed by atoms with van der Waals surface area (Å²) in [5.41, 5.74) is 2.17. The molecule has 0 aliphatic heterocycles. The number of hydrogen-bond donors (Lipinski definition) is 0. The van der Waals surface area contributed by atoms with E-state index >= 15 is 0 Å². The fourth-order valence-corrected chi connectivity index (χ4v) is 10.8. The van der Waals surface area contributed by atoms with E-state index in [9.17, 15) is 4.79 Å². The van der Waals surface area contributed by atoms with Gasteiger partial charge < -0.3 is 4.74 Å². The van der Waals surface area contributed by atoms with Gasteiger partial charge in [0.05, 0.1) is 0 Å². The molecule has 9 atom stereocenters. The second-order valence-electron chi connectivity index (χ2n) is 13.2. The lowest BCUT2D eigenvalue weighted by Crippen LogP contribution is -2.58. The number of fused-ring (bicyclic) bond motifs is 2. The number of rotatable bonds is 3. The van der Waals surface area contributed by atoms with Crippen molar-refractivity contribution in [2.24, 2.45) is 50.7 Å². The van der Waals surface area contributed by atoms with Crippen LogP contribution in [0.3, 0.4) is 0 Å². The summed E-state index contributed by atoms with van der Waals surface area (Å²) in [6.45, 7) is 18.3. The monoisotopic (exact) mass is 412 g/mol. The fourth-order valence-electron chi connectivity index (χ4n) is 10.8. The summed E-state index contributed by atoms with van der Waals surface area (Å²) in [7, 11) is 0. The molecule has 5 rings (SSSR count). The first kappa shape index (κ1) is 21.1. The molecule has 30 heavy (non-hydrogen) atoms. The maximum Gasteiger partial charge on any atom is 0.302 e. The summed E-state index contributed by atoms with van der Waals surface area (Å²) in [4.78, 5) is 11.8. The molecule has 0 amide bonds. The summed E-state index contributed by atoms with van der Waals surface area (Å²) < 4.78 is 5.86. The van der Waals surface area contributed by atoms with Gasteiger partial charge >= 0.3 is 5.97 Å². The van der Waals surface area contributed by atoms with E-state index in [0.717, 1.165) is 24.2 Å². The van der Waals surface area contributed by atoms with Gasteiger partial charge in [-0.05, 0) is 103 Å². The van der Waals surface area contributed by atoms with E-state index in [1.807, 2.05) is 0 Å². The van der Waals surface area contributed by atoms with Crippen molar-refractivity contribution in [2.45, 2.75) is 105 Å². The Hall–Kier alpha value is -0.790. The van der Waals surface area contributed by atoms with Crippen LogP contribution in [0.4, 0.5) is 0 Å². The lowest BCUT2D eigenvalue weighted by molar-refractivity contribution is -0.181. The molecule has 0 N–H and O–H groups in total. The van der Waals surface area contributed by atoms with Crippen LogP contribution in [0.15, 0.2) is 12.7 Å². The summed E-state index contributed by atoms with van der Waals surface area (Å²) in [5, 5.41) is 0. The lowest BCUT2D eigenvalue weighted by Gasteiger charge is -2.63. The molecule has 0 aromatic heterocycles. The third kappa shape index (κ3) is 2.25. The first-order chi connectivity index (χ1) is 14.0. The Labute approximate surface area is 184 Å². The number of ether oxygens (including phenoxy) is 1. The van der Waals surface area contributed by atoms with Gasteiger partial charge in [0.15, 0.2) is 0 Å². The van der Waals surface area contributed by atoms with E-state index in [0.29, 0.717) is 27.6 Å². The van der Waals surface area contributed by atoms with Gasteiger partial charge in [-0.3, -0.25) is 4.79 Å². The second kappa shape index (κ2) is 6.16. The molecule has 0 bridgehead atoms. The van der Waals surface area contributed by atoms with E-state index in [4.69, 9.17) is 4.74 Å². The first-order valence-electron chi connectivity index (χ1n) is 12.8. The molecular weight excluding hydrogens is 368 g/mol. The third-order valence-electron chi connectivity index (χ3n) is 12.4. The number of allylic oxidation sites excluding steroid dienone is 1. The zero-order valence-corrected chi connectivity index (χ0v) is 20.4. The van der Waals surface area contributed by atoms with Crippen molar-refractivity contribution in [3.05, 3.63) is 12.7 Å². The van der Waals surface area contributed by atoms with Crippen LogP contribution >= 0.6 is 0 Å². The van der Waals surface area contributed by atoms with Gasteiger partial charge in [0, 0.05) is 12.3 Å². The molecule has 168 valence electrons. The van der Waals surface area contributed by atoms with Crippen molar-refractivity contribution in [3.8, 4) is 0 Å². The molecule has 5 fully saturated rings. The maximum absolute atomic E-state index is 11.8. The molecule has 5 aliphatic carbocycles. The Morgan fingerprint density at radius 3 is 2.27 bits per heavy atom. The molecule has 0 saturated heterocycles. The Morgan fingerprint density at radius 2 is 1.60 bits per heavy atom. The lowest BCUT2D eigenvalue weighted by atomic mass is 9.42. The molecule has 0 heterocycles. The second-order valence-corrected chi connectivity index (χ2v) is 13.2. The summed E-state index contributed by atoms with van der Waals surface area (Å²) in [6.07, 6.45) is 14.5. The van der Waals surface area contributed by atoms with Crippen molar-refractivity contribution in [1.29, 1.82) is 0 Å². The molecule has 1 unspecified atom stereocenters. The maximum atomic E-state index is 11.8. The van der Waals surface area contributed by atoms with Crippen LogP contribution in [0.1, 0.15) is 99.3 Å². The zero-order valence-electron chi connectivity index (χ0n) is 20.4. The number of hydrogen-bond acceptors (Lipinski definition) is 2. The minimum atomic E-state index is -0.0995. The molecular formula is C28H44O2. The van der Waals surface area contributed by atoms with E-state index in [-0.39, 0.29) is 17.5 Å². The minimum Gasteiger partial charge on any atom is -0.462 e. The normalized spacial score (nSPS) is 54.1. The highest BCUT2D eigenvalue weighted by atomic mass is 16.5. The summed E-state index contributed by atoms with van der Waals surface area (Å²) >= 11 is 0. The summed E-state index contributed by atoms with van der Waals surface area (Å²) in [6, 6.07) is 0. The van der Waals surface area contributed by atoms with Crippen LogP contribution in [-0.2, 0) is 9.53 Å². The zero-order chi connectivity index (χ0) is 21.7. The van der Waals surface area contributed by atoms with Crippen molar-refractivity contribution in [1.82, 2.24) is 0 Å². The molecule has 0 radical (unpaired) electrons. The standard InChI is InChI=1S/C28H44O2/c1-8-18(2)20-11-13-26(7)22-10-9-21-24(4,5)23(30-19(3)29)12-14-27(21)17-28(22,27)16-15-25(20,26)6/h8,18,20-23H,1,9-17H2,2-7H3/t18-,20?,21+,22+,23+,25-,26+,27-,28+/m1/s1. The Balaban J connectivity index is 1.47. The van der Waals surface area contributed by atoms with Gasteiger partial charge in [0.1, 0.15) is 6.10 Å². The van der Waals surface area contributed by atoms with Crippen LogP contribution < -0.4 is 0 Å². The van der Waals surface area contributed by atoms with Gasteiger partial charge in [0.25, 0.3) is 0 Å². The average Bonchev–Trinajstić information content (AvgIpc) is 3.26. The highest BCUT2D eigenvalue weighted by Gasteiger charge is 2.82. The molecule has 2 nitrogen and oxygen atoms in total. The number of carbonyl (C=O) groups is 1. The minimum absolute atomic E-state index is 0.0995. The van der Waals surface area contributed by atoms with Crippen LogP contribution in [0.2, 0.25) is 0 Å². The predicted molar refractivity (Wildman–Crippen MR) is 122 cm³/mol. The van der Waals surface area contributed by atoms with E-state index in [1.165, 1.54) is 51.4 Å². The van der Waals surface area contributed by atoms with E-state index in [1.54, 1.807) is 6.92 Å². The summed E-state index contributed by atoms with van der Waals surface area (Å²) in [5.74, 6) is 2.95. The van der Waals surface area contributed by atoms with Crippen molar-refractivity contribution < 1.29 is 9.53 Å². The van der Waals surface area contributed by atoms with Gasteiger partial charge in [-0.2, -0.15) is 0 Å². The Bertz CT molecular complexity index is 769. The molecule has 5 saturated carbocycles. The Morgan fingerprint density at radius 1 is 0.933 bits per heavy atom. The number of carbonyl (C=O) groups excluding carboxylic acids is 1. The van der Waals surface area contributed by atoms with Gasteiger partial charge in [-0.1, -0.05) is 40.7 Å². The van der Waals surface area contributed by atoms with Crippen molar-refractivity contribution >= 4 is 5.97 Å². The quantitative estimate of drug-likeness (QED) is 0.362. The van der Waals surface area contributed by atoms with Gasteiger partial charge in [0.2, 0.25) is 0 Å². The average molecular weight is 413 g/mol. The van der Waals surface area contributed by atoms with E-state index in [2.05, 4.69) is 47.3 Å². The SMILES string of the molecule is C=C[C@@H](C)C1CC[C@@]2(C)[C@@H]3CC[C@H]4C(C)(C)[C@@H](OC(C)=O)CC[C@@]45C[C@@]35CC[C@]12C. The van der Waals surface area contributed by atoms with Crippen LogP contribution in [0.5, 0.6) is 0 Å². The Kier molecular flexibility index (Phi) is 4.33. The molecule has 2 spiro atoms. The van der Waals surface area contributed by atoms with E-state index < -0.39 is 0 Å². The topological polar surface area (TPSA) is 26.3 Å². The van der Waals surface area contributed by atoms with Crippen molar-refractivity contribution in [2.75, 3.05) is 0 Å². The van der Waals surface area contributed by atoms with Gasteiger partial charge in [-0.25, -0.2) is 0 Å². The first-order valence-corrected chi connectivity index (χ1v) is 12.8. The van der Waals surface area contributed by atoms with Crippen LogP contribution in [0.25, 0.3) is 0 Å². The highest BCUT2D eigenvalue weighted by molar-refractivity contribution is 5.66. The largest absolute Gasteiger partial charge is 0.462 e. The third-order valence-corrected chi connectivity index (χ3v) is 12.4. The predicted octanol–water partition coefficient (Wildman–Crippen LogP) is 7.18. The molecule has 2 heteroatoms. The molecule has 5 aliphatic rings. The van der Waals surface area contributed by atoms with Gasteiger partial charge in [-0.15, -0.1) is 6.58 Å². The van der Waals surface area contributed by atoms with Crippen molar-refractivity contribution in [3.63, 3.8) is 0 Å². The van der Waals surface area contributed by atoms with Crippen LogP contribution in [0, 0.1) is 50.7 Å². The highest BCUT2D eigenvalue weighted by Crippen LogP contribution is 2.89.